The molecule has 1 unspecified atom stereocenters. The van der Waals surface area contributed by atoms with Crippen molar-refractivity contribution >= 4 is 11.6 Å². The van der Waals surface area contributed by atoms with E-state index < -0.39 is 6.10 Å². The molecule has 2 N–H and O–H groups in total. The fourth-order valence-corrected chi connectivity index (χ4v) is 4.38. The van der Waals surface area contributed by atoms with Crippen LogP contribution in [0.3, 0.4) is 0 Å². The van der Waals surface area contributed by atoms with Crippen LogP contribution >= 0.6 is 11.6 Å². The molecular formula is C24H31ClO5. The number of benzene rings is 1. The lowest BCUT2D eigenvalue weighted by atomic mass is 9.83. The molecule has 6 heteroatoms. The first-order chi connectivity index (χ1) is 14.6. The van der Waals surface area contributed by atoms with Crippen molar-refractivity contribution in [1.29, 1.82) is 0 Å². The summed E-state index contributed by atoms with van der Waals surface area (Å²) in [4.78, 5) is 0. The lowest BCUT2D eigenvalue weighted by Crippen LogP contribution is -2.41. The summed E-state index contributed by atoms with van der Waals surface area (Å²) in [6, 6.07) is 8.13. The molecule has 1 heterocycles. The van der Waals surface area contributed by atoms with E-state index in [4.69, 9.17) is 25.8 Å². The van der Waals surface area contributed by atoms with Gasteiger partial charge in [0.25, 0.3) is 0 Å². The maximum absolute atomic E-state index is 10.1. The standard InChI is InChI=1S/C24H31ClO5/c25-23-8-3-17(24-14-19(27)13-22(15-26)30-24)12-18(23)11-16-1-4-20(5-2-16)28-9-10-29-21-6-7-21/h1-5,8,17,19,21-22,24,26-27H,6-7,9-15H2/t17?,19-,22-,24+/m0/s1. The maximum Gasteiger partial charge on any atom is 0.119 e. The van der Waals surface area contributed by atoms with Crippen molar-refractivity contribution in [2.45, 2.75) is 62.9 Å². The number of hydrogen-bond donors (Lipinski definition) is 2. The minimum atomic E-state index is -0.429. The molecule has 1 aliphatic heterocycles. The van der Waals surface area contributed by atoms with Gasteiger partial charge in [-0.2, -0.15) is 0 Å². The second-order valence-electron chi connectivity index (χ2n) is 8.52. The minimum Gasteiger partial charge on any atom is -0.491 e. The highest BCUT2D eigenvalue weighted by molar-refractivity contribution is 6.31. The fourth-order valence-electron chi connectivity index (χ4n) is 4.17. The number of hydrogen-bond acceptors (Lipinski definition) is 5. The Morgan fingerprint density at radius 2 is 1.90 bits per heavy atom. The first kappa shape index (κ1) is 21.8. The third kappa shape index (κ3) is 6.08. The van der Waals surface area contributed by atoms with Crippen LogP contribution in [-0.2, 0) is 15.9 Å². The third-order valence-corrected chi connectivity index (χ3v) is 6.36. The number of aliphatic hydroxyl groups is 2. The molecule has 1 aromatic carbocycles. The van der Waals surface area contributed by atoms with Crippen molar-refractivity contribution in [3.63, 3.8) is 0 Å². The van der Waals surface area contributed by atoms with Crippen LogP contribution in [0.2, 0.25) is 0 Å². The van der Waals surface area contributed by atoms with Crippen molar-refractivity contribution < 1.29 is 24.4 Å². The highest BCUT2D eigenvalue weighted by Crippen LogP contribution is 2.35. The van der Waals surface area contributed by atoms with E-state index in [1.807, 2.05) is 18.2 Å². The van der Waals surface area contributed by atoms with E-state index in [0.717, 1.165) is 23.6 Å². The molecule has 3 aliphatic rings. The second kappa shape index (κ2) is 10.3. The number of ether oxygens (including phenoxy) is 3. The van der Waals surface area contributed by atoms with E-state index in [0.29, 0.717) is 32.2 Å². The number of halogens is 1. The molecule has 1 saturated heterocycles. The van der Waals surface area contributed by atoms with Crippen LogP contribution in [0.15, 0.2) is 47.0 Å². The SMILES string of the molecule is OC[C@@H]1C[C@H](O)C[C@H](C2C=CC(Cl)=C(Cc3ccc(OCCOC4CC4)cc3)C2)O1. The van der Waals surface area contributed by atoms with Crippen LogP contribution in [0.1, 0.15) is 37.7 Å². The number of aliphatic hydroxyl groups excluding tert-OH is 2. The number of allylic oxidation sites excluding steroid dienone is 3. The molecule has 0 radical (unpaired) electrons. The van der Waals surface area contributed by atoms with Crippen molar-refractivity contribution in [2.24, 2.45) is 5.92 Å². The predicted octanol–water partition coefficient (Wildman–Crippen LogP) is 3.76. The Bertz CT molecular complexity index is 755. The summed E-state index contributed by atoms with van der Waals surface area (Å²) in [5.74, 6) is 1.000. The first-order valence-electron chi connectivity index (χ1n) is 10.9. The summed E-state index contributed by atoms with van der Waals surface area (Å²) in [6.07, 6.45) is 8.66. The van der Waals surface area contributed by atoms with Crippen LogP contribution in [0.25, 0.3) is 0 Å². The molecule has 30 heavy (non-hydrogen) atoms. The molecule has 4 atom stereocenters. The van der Waals surface area contributed by atoms with Gasteiger partial charge in [-0.1, -0.05) is 29.8 Å². The van der Waals surface area contributed by atoms with Gasteiger partial charge in [0.05, 0.1) is 37.6 Å². The highest BCUT2D eigenvalue weighted by Gasteiger charge is 2.33. The average molecular weight is 435 g/mol. The number of rotatable bonds is 9. The van der Waals surface area contributed by atoms with Gasteiger partial charge in [-0.05, 0) is 55.0 Å². The van der Waals surface area contributed by atoms with Crippen molar-refractivity contribution in [3.8, 4) is 5.75 Å². The van der Waals surface area contributed by atoms with Gasteiger partial charge >= 0.3 is 0 Å². The molecule has 4 rings (SSSR count). The zero-order valence-electron chi connectivity index (χ0n) is 17.2. The third-order valence-electron chi connectivity index (χ3n) is 5.97. The summed E-state index contributed by atoms with van der Waals surface area (Å²) >= 11 is 6.49. The van der Waals surface area contributed by atoms with E-state index in [9.17, 15) is 10.2 Å². The summed E-state index contributed by atoms with van der Waals surface area (Å²) in [5, 5.41) is 20.3. The normalized spacial score (nSPS) is 29.3. The van der Waals surface area contributed by atoms with Crippen molar-refractivity contribution in [3.05, 3.63) is 52.6 Å². The summed E-state index contributed by atoms with van der Waals surface area (Å²) < 4.78 is 17.3. The van der Waals surface area contributed by atoms with Crippen molar-refractivity contribution in [2.75, 3.05) is 19.8 Å². The van der Waals surface area contributed by atoms with E-state index in [-0.39, 0.29) is 24.7 Å². The molecule has 1 aromatic rings. The molecule has 0 spiro atoms. The highest BCUT2D eigenvalue weighted by atomic mass is 35.5. The lowest BCUT2D eigenvalue weighted by molar-refractivity contribution is -0.124. The Morgan fingerprint density at radius 1 is 1.10 bits per heavy atom. The Kier molecular flexibility index (Phi) is 7.50. The molecule has 0 bridgehead atoms. The van der Waals surface area contributed by atoms with Crippen molar-refractivity contribution in [1.82, 2.24) is 0 Å². The maximum atomic E-state index is 10.1. The van der Waals surface area contributed by atoms with Crippen LogP contribution < -0.4 is 4.74 Å². The van der Waals surface area contributed by atoms with Gasteiger partial charge in [-0.3, -0.25) is 0 Å². The van der Waals surface area contributed by atoms with E-state index in [1.54, 1.807) is 0 Å². The molecule has 2 aliphatic carbocycles. The molecule has 5 nitrogen and oxygen atoms in total. The molecular weight excluding hydrogens is 404 g/mol. The Hall–Kier alpha value is -1.37. The molecule has 2 fully saturated rings. The van der Waals surface area contributed by atoms with Gasteiger partial charge in [-0.15, -0.1) is 0 Å². The minimum absolute atomic E-state index is 0.0609. The Balaban J connectivity index is 1.30. The Morgan fingerprint density at radius 3 is 2.63 bits per heavy atom. The van der Waals surface area contributed by atoms with Crippen LogP contribution in [-0.4, -0.2) is 54.4 Å². The molecule has 0 amide bonds. The second-order valence-corrected chi connectivity index (χ2v) is 8.93. The monoisotopic (exact) mass is 434 g/mol. The van der Waals surface area contributed by atoms with Gasteiger partial charge < -0.3 is 24.4 Å². The summed E-state index contributed by atoms with van der Waals surface area (Å²) in [5.41, 5.74) is 2.34. The van der Waals surface area contributed by atoms with E-state index >= 15 is 0 Å². The first-order valence-corrected chi connectivity index (χ1v) is 11.3. The molecule has 164 valence electrons. The smallest absolute Gasteiger partial charge is 0.119 e. The van der Waals surface area contributed by atoms with Gasteiger partial charge in [0.1, 0.15) is 12.4 Å². The van der Waals surface area contributed by atoms with Gasteiger partial charge in [0.15, 0.2) is 0 Å². The lowest BCUT2D eigenvalue weighted by Gasteiger charge is -2.37. The average Bonchev–Trinajstić information content (AvgIpc) is 3.58. The van der Waals surface area contributed by atoms with Gasteiger partial charge in [0, 0.05) is 23.8 Å². The predicted molar refractivity (Wildman–Crippen MR) is 116 cm³/mol. The quantitative estimate of drug-likeness (QED) is 0.579. The van der Waals surface area contributed by atoms with Gasteiger partial charge in [0.2, 0.25) is 0 Å². The topological polar surface area (TPSA) is 68.2 Å². The van der Waals surface area contributed by atoms with Crippen LogP contribution in [0.5, 0.6) is 5.75 Å². The van der Waals surface area contributed by atoms with Crippen LogP contribution in [0.4, 0.5) is 0 Å². The largest absolute Gasteiger partial charge is 0.491 e. The molecule has 0 aromatic heterocycles. The fraction of sp³-hybridized carbons (Fsp3) is 0.583. The van der Waals surface area contributed by atoms with Crippen LogP contribution in [0, 0.1) is 5.92 Å². The summed E-state index contributed by atoms with van der Waals surface area (Å²) in [6.45, 7) is 1.15. The zero-order valence-corrected chi connectivity index (χ0v) is 18.0. The Labute approximate surface area is 183 Å². The summed E-state index contributed by atoms with van der Waals surface area (Å²) in [7, 11) is 0. The molecule has 1 saturated carbocycles. The van der Waals surface area contributed by atoms with Gasteiger partial charge in [-0.25, -0.2) is 0 Å². The zero-order chi connectivity index (χ0) is 20.9. The van der Waals surface area contributed by atoms with E-state index in [1.165, 1.54) is 24.0 Å². The van der Waals surface area contributed by atoms with E-state index in [2.05, 4.69) is 18.2 Å².